The number of tetrazole rings is 1. The van der Waals surface area contributed by atoms with Gasteiger partial charge in [-0.25, -0.2) is 0 Å². The van der Waals surface area contributed by atoms with Crippen LogP contribution in [0, 0.1) is 6.92 Å². The molecule has 0 atom stereocenters. The molecule has 0 saturated heterocycles. The van der Waals surface area contributed by atoms with E-state index in [1.807, 2.05) is 19.1 Å². The fourth-order valence-corrected chi connectivity index (χ4v) is 3.44. The van der Waals surface area contributed by atoms with Gasteiger partial charge < -0.3 is 10.1 Å². The standard InChI is InChI=1S/C18H15ClF3N5O2S/c1-10-3-6-15(29-2)14(7-10)27-17(24-25-26-27)30-9-16(28)23-11-4-5-13(19)12(8-11)18(20,21)22/h3-8H,9H2,1-2H3,(H,23,28). The maximum Gasteiger partial charge on any atom is 0.417 e. The van der Waals surface area contributed by atoms with Crippen molar-refractivity contribution in [3.05, 3.63) is 52.5 Å². The summed E-state index contributed by atoms with van der Waals surface area (Å²) in [4.78, 5) is 12.2. The molecule has 1 amide bonds. The average molecular weight is 458 g/mol. The molecule has 2 aromatic carbocycles. The Morgan fingerprint density at radius 1 is 1.27 bits per heavy atom. The van der Waals surface area contributed by atoms with Crippen molar-refractivity contribution in [3.63, 3.8) is 0 Å². The number of aromatic nitrogens is 4. The van der Waals surface area contributed by atoms with Crippen LogP contribution in [0.25, 0.3) is 5.69 Å². The molecule has 0 aliphatic heterocycles. The van der Waals surface area contributed by atoms with Crippen LogP contribution in [0.3, 0.4) is 0 Å². The van der Waals surface area contributed by atoms with Crippen molar-refractivity contribution in [2.45, 2.75) is 18.3 Å². The van der Waals surface area contributed by atoms with Crippen LogP contribution in [0.4, 0.5) is 18.9 Å². The summed E-state index contributed by atoms with van der Waals surface area (Å²) in [6, 6.07) is 8.62. The molecule has 158 valence electrons. The van der Waals surface area contributed by atoms with Crippen molar-refractivity contribution in [3.8, 4) is 11.4 Å². The quantitative estimate of drug-likeness (QED) is 0.553. The minimum Gasteiger partial charge on any atom is -0.494 e. The molecule has 30 heavy (non-hydrogen) atoms. The van der Waals surface area contributed by atoms with E-state index in [1.165, 1.54) is 17.9 Å². The first kappa shape index (κ1) is 21.9. The molecular weight excluding hydrogens is 443 g/mol. The van der Waals surface area contributed by atoms with E-state index in [2.05, 4.69) is 20.8 Å². The van der Waals surface area contributed by atoms with Gasteiger partial charge in [-0.15, -0.1) is 5.10 Å². The van der Waals surface area contributed by atoms with Crippen molar-refractivity contribution >= 4 is 35.0 Å². The van der Waals surface area contributed by atoms with Crippen LogP contribution in [-0.4, -0.2) is 39.0 Å². The molecule has 0 saturated carbocycles. The molecule has 0 radical (unpaired) electrons. The monoisotopic (exact) mass is 457 g/mol. The average Bonchev–Trinajstić information content (AvgIpc) is 3.15. The number of halogens is 4. The number of carbonyl (C=O) groups excluding carboxylic acids is 1. The molecule has 3 aromatic rings. The van der Waals surface area contributed by atoms with Gasteiger partial charge in [0.2, 0.25) is 11.1 Å². The molecular formula is C18H15ClF3N5O2S. The molecule has 0 aliphatic rings. The summed E-state index contributed by atoms with van der Waals surface area (Å²) in [5, 5.41) is 13.7. The molecule has 0 bridgehead atoms. The summed E-state index contributed by atoms with van der Waals surface area (Å²) in [6.07, 6.45) is -4.62. The number of aryl methyl sites for hydroxylation is 1. The molecule has 0 aliphatic carbocycles. The van der Waals surface area contributed by atoms with E-state index in [-0.39, 0.29) is 11.4 Å². The number of rotatable bonds is 6. The normalized spacial score (nSPS) is 11.4. The largest absolute Gasteiger partial charge is 0.494 e. The highest BCUT2D eigenvalue weighted by Gasteiger charge is 2.33. The van der Waals surface area contributed by atoms with Gasteiger partial charge in [0.15, 0.2) is 0 Å². The molecule has 1 aromatic heterocycles. The maximum atomic E-state index is 13.0. The number of benzene rings is 2. The van der Waals surface area contributed by atoms with Crippen LogP contribution in [0.2, 0.25) is 5.02 Å². The van der Waals surface area contributed by atoms with Crippen LogP contribution in [0.1, 0.15) is 11.1 Å². The Balaban J connectivity index is 1.72. The minimum atomic E-state index is -4.62. The van der Waals surface area contributed by atoms with E-state index in [1.54, 1.807) is 6.07 Å². The van der Waals surface area contributed by atoms with Gasteiger partial charge in [0.25, 0.3) is 0 Å². The van der Waals surface area contributed by atoms with Crippen LogP contribution < -0.4 is 10.1 Å². The van der Waals surface area contributed by atoms with Crippen molar-refractivity contribution in [2.24, 2.45) is 0 Å². The lowest BCUT2D eigenvalue weighted by Gasteiger charge is -2.12. The molecule has 0 unspecified atom stereocenters. The second-order valence-electron chi connectivity index (χ2n) is 6.08. The highest BCUT2D eigenvalue weighted by atomic mass is 35.5. The number of nitrogens with zero attached hydrogens (tertiary/aromatic N) is 4. The molecule has 3 rings (SSSR count). The lowest BCUT2D eigenvalue weighted by atomic mass is 10.2. The third-order valence-corrected chi connectivity index (χ3v) is 5.14. The zero-order valence-corrected chi connectivity index (χ0v) is 17.3. The van der Waals surface area contributed by atoms with Gasteiger partial charge in [-0.05, 0) is 53.2 Å². The van der Waals surface area contributed by atoms with E-state index < -0.39 is 22.7 Å². The summed E-state index contributed by atoms with van der Waals surface area (Å²) in [7, 11) is 1.51. The predicted octanol–water partition coefficient (Wildman–Crippen LogP) is 4.38. The maximum absolute atomic E-state index is 13.0. The first-order valence-electron chi connectivity index (χ1n) is 8.42. The number of anilines is 1. The van der Waals surface area contributed by atoms with Crippen LogP contribution in [0.15, 0.2) is 41.6 Å². The zero-order valence-electron chi connectivity index (χ0n) is 15.7. The molecule has 12 heteroatoms. The number of thioether (sulfide) groups is 1. The molecule has 7 nitrogen and oxygen atoms in total. The van der Waals surface area contributed by atoms with Crippen LogP contribution in [0.5, 0.6) is 5.75 Å². The summed E-state index contributed by atoms with van der Waals surface area (Å²) >= 11 is 6.61. The van der Waals surface area contributed by atoms with Gasteiger partial charge in [0.05, 0.1) is 23.4 Å². The Kier molecular flexibility index (Phi) is 6.52. The summed E-state index contributed by atoms with van der Waals surface area (Å²) < 4.78 is 45.6. The zero-order chi connectivity index (χ0) is 21.9. The van der Waals surface area contributed by atoms with Gasteiger partial charge >= 0.3 is 6.18 Å². The Hall–Kier alpha value is -2.79. The van der Waals surface area contributed by atoms with E-state index in [0.29, 0.717) is 16.6 Å². The SMILES string of the molecule is COc1ccc(C)cc1-n1nnnc1SCC(=O)Nc1ccc(Cl)c(C(F)(F)F)c1. The minimum absolute atomic E-state index is 0.0164. The fraction of sp³-hybridized carbons (Fsp3) is 0.222. The van der Waals surface area contributed by atoms with Crippen LogP contribution in [-0.2, 0) is 11.0 Å². The van der Waals surface area contributed by atoms with Crippen molar-refractivity contribution in [1.29, 1.82) is 0 Å². The van der Waals surface area contributed by atoms with E-state index >= 15 is 0 Å². The number of carbonyl (C=O) groups is 1. The first-order valence-corrected chi connectivity index (χ1v) is 9.78. The second kappa shape index (κ2) is 8.92. The van der Waals surface area contributed by atoms with Crippen molar-refractivity contribution in [1.82, 2.24) is 20.2 Å². The lowest BCUT2D eigenvalue weighted by Crippen LogP contribution is -2.16. The molecule has 1 N–H and O–H groups in total. The first-order chi connectivity index (χ1) is 14.2. The van der Waals surface area contributed by atoms with Gasteiger partial charge in [0, 0.05) is 5.69 Å². The highest BCUT2D eigenvalue weighted by molar-refractivity contribution is 7.99. The number of methoxy groups -OCH3 is 1. The highest BCUT2D eigenvalue weighted by Crippen LogP contribution is 2.36. The number of amides is 1. The van der Waals surface area contributed by atoms with Crippen LogP contribution >= 0.6 is 23.4 Å². The number of hydrogen-bond acceptors (Lipinski definition) is 6. The molecule has 0 spiro atoms. The van der Waals surface area contributed by atoms with Crippen molar-refractivity contribution in [2.75, 3.05) is 18.2 Å². The summed E-state index contributed by atoms with van der Waals surface area (Å²) in [5.74, 6) is -0.111. The molecule has 1 heterocycles. The third kappa shape index (κ3) is 5.03. The Morgan fingerprint density at radius 3 is 2.73 bits per heavy atom. The number of ether oxygens (including phenoxy) is 1. The van der Waals surface area contributed by atoms with Crippen molar-refractivity contribution < 1.29 is 22.7 Å². The topological polar surface area (TPSA) is 81.9 Å². The second-order valence-corrected chi connectivity index (χ2v) is 7.43. The Morgan fingerprint density at radius 2 is 2.03 bits per heavy atom. The van der Waals surface area contributed by atoms with Gasteiger partial charge in [-0.1, -0.05) is 29.4 Å². The van der Waals surface area contributed by atoms with Gasteiger partial charge in [-0.3, -0.25) is 4.79 Å². The Bertz CT molecular complexity index is 1070. The van der Waals surface area contributed by atoms with E-state index in [0.717, 1.165) is 29.5 Å². The number of nitrogens with one attached hydrogen (secondary N) is 1. The fourth-order valence-electron chi connectivity index (χ4n) is 2.53. The molecule has 0 fully saturated rings. The smallest absolute Gasteiger partial charge is 0.417 e. The van der Waals surface area contributed by atoms with E-state index in [4.69, 9.17) is 16.3 Å². The third-order valence-electron chi connectivity index (χ3n) is 3.89. The summed E-state index contributed by atoms with van der Waals surface area (Å²) in [6.45, 7) is 1.90. The lowest BCUT2D eigenvalue weighted by molar-refractivity contribution is -0.137. The Labute approximate surface area is 178 Å². The number of hydrogen-bond donors (Lipinski definition) is 1. The van der Waals surface area contributed by atoms with E-state index in [9.17, 15) is 18.0 Å². The summed E-state index contributed by atoms with van der Waals surface area (Å²) in [5.41, 5.74) is 0.513. The van der Waals surface area contributed by atoms with Gasteiger partial charge in [-0.2, -0.15) is 17.9 Å². The van der Waals surface area contributed by atoms with Gasteiger partial charge in [0.1, 0.15) is 11.4 Å². The number of alkyl halides is 3. The predicted molar refractivity (Wildman–Crippen MR) is 106 cm³/mol.